The lowest BCUT2D eigenvalue weighted by Crippen LogP contribution is -2.52. The molecule has 1 N–H and O–H groups in total. The van der Waals surface area contributed by atoms with E-state index in [1.165, 1.54) is 0 Å². The van der Waals surface area contributed by atoms with Gasteiger partial charge >= 0.3 is 0 Å². The molecular formula is C37H42O6. The van der Waals surface area contributed by atoms with Gasteiger partial charge in [0, 0.05) is 0 Å². The molecule has 0 aliphatic carbocycles. The van der Waals surface area contributed by atoms with E-state index in [2.05, 4.69) is 6.58 Å². The predicted octanol–water partition coefficient (Wildman–Crippen LogP) is 6.52. The molecule has 0 radical (unpaired) electrons. The summed E-state index contributed by atoms with van der Waals surface area (Å²) in [7, 11) is 0. The first-order valence-corrected chi connectivity index (χ1v) is 14.7. The molecular weight excluding hydrogens is 540 g/mol. The summed E-state index contributed by atoms with van der Waals surface area (Å²) in [5, 5.41) is 10.7. The third kappa shape index (κ3) is 11.2. The van der Waals surface area contributed by atoms with Crippen molar-refractivity contribution in [2.75, 3.05) is 19.8 Å². The van der Waals surface area contributed by atoms with Crippen LogP contribution in [0.1, 0.15) is 22.3 Å². The minimum absolute atomic E-state index is 0.236. The minimum Gasteiger partial charge on any atom is -0.394 e. The molecule has 4 aromatic carbocycles. The Bertz CT molecular complexity index is 1270. The highest BCUT2D eigenvalue weighted by Crippen LogP contribution is 2.23. The van der Waals surface area contributed by atoms with Crippen LogP contribution in [-0.4, -0.2) is 49.3 Å². The summed E-state index contributed by atoms with van der Waals surface area (Å²) in [4.78, 5) is 0. The summed E-state index contributed by atoms with van der Waals surface area (Å²) in [5.41, 5.74) is 4.03. The monoisotopic (exact) mass is 582 g/mol. The number of aliphatic hydroxyl groups is 1. The Morgan fingerprint density at radius 2 is 0.860 bits per heavy atom. The number of rotatable bonds is 20. The van der Waals surface area contributed by atoms with Crippen molar-refractivity contribution in [3.63, 3.8) is 0 Å². The van der Waals surface area contributed by atoms with Gasteiger partial charge in [0.25, 0.3) is 0 Å². The van der Waals surface area contributed by atoms with E-state index in [1.54, 1.807) is 6.08 Å². The Hall–Kier alpha value is -3.62. The molecule has 226 valence electrons. The molecule has 0 heterocycles. The lowest BCUT2D eigenvalue weighted by Gasteiger charge is -2.37. The molecule has 0 bridgehead atoms. The zero-order valence-corrected chi connectivity index (χ0v) is 24.6. The zero-order chi connectivity index (χ0) is 30.0. The Kier molecular flexibility index (Phi) is 14.1. The highest BCUT2D eigenvalue weighted by molar-refractivity contribution is 5.16. The van der Waals surface area contributed by atoms with Crippen LogP contribution in [0, 0.1) is 0 Å². The molecule has 0 saturated heterocycles. The van der Waals surface area contributed by atoms with Crippen molar-refractivity contribution in [1.82, 2.24) is 0 Å². The van der Waals surface area contributed by atoms with Crippen LogP contribution in [0.2, 0.25) is 0 Å². The summed E-state index contributed by atoms with van der Waals surface area (Å²) in [6.07, 6.45) is -0.876. The third-order valence-corrected chi connectivity index (χ3v) is 6.94. The molecule has 0 aliphatic rings. The van der Waals surface area contributed by atoms with Crippen molar-refractivity contribution in [1.29, 1.82) is 0 Å². The van der Waals surface area contributed by atoms with Crippen LogP contribution in [0.25, 0.3) is 0 Å². The second kappa shape index (κ2) is 18.8. The van der Waals surface area contributed by atoms with Crippen LogP contribution in [0.4, 0.5) is 0 Å². The van der Waals surface area contributed by atoms with Gasteiger partial charge in [-0.2, -0.15) is 0 Å². The van der Waals surface area contributed by atoms with Crippen molar-refractivity contribution in [3.05, 3.63) is 156 Å². The van der Waals surface area contributed by atoms with Crippen LogP contribution in [-0.2, 0) is 50.1 Å². The average Bonchev–Trinajstić information content (AvgIpc) is 3.07. The van der Waals surface area contributed by atoms with Gasteiger partial charge in [-0.3, -0.25) is 0 Å². The van der Waals surface area contributed by atoms with Gasteiger partial charge in [0.1, 0.15) is 24.4 Å². The SMILES string of the molecule is C=CCOC[C@@H](OCc1ccccc1)[C@@H](OCc1ccccc1)[C@H](OCc1ccccc1)[C@H](CO)OCc1ccccc1. The molecule has 6 heteroatoms. The smallest absolute Gasteiger partial charge is 0.115 e. The van der Waals surface area contributed by atoms with Crippen molar-refractivity contribution < 1.29 is 28.8 Å². The molecule has 43 heavy (non-hydrogen) atoms. The minimum atomic E-state index is -0.702. The fraction of sp³-hybridized carbons (Fsp3) is 0.297. The molecule has 6 nitrogen and oxygen atoms in total. The standard InChI is InChI=1S/C37H42O6/c1-2-23-39-29-35(41-26-31-17-9-4-10-18-31)37(43-28-33-21-13-6-14-22-33)36(42-27-32-19-11-5-12-20-32)34(24-38)40-25-30-15-7-3-8-16-30/h2-22,34-38H,1,23-29H2/t34-,35+,36+,37+/m0/s1. The van der Waals surface area contributed by atoms with Crippen molar-refractivity contribution >= 4 is 0 Å². The van der Waals surface area contributed by atoms with Crippen LogP contribution < -0.4 is 0 Å². The topological polar surface area (TPSA) is 66.4 Å². The molecule has 0 amide bonds. The summed E-state index contributed by atoms with van der Waals surface area (Å²) >= 11 is 0. The Labute approximate surface area is 255 Å². The first-order valence-electron chi connectivity index (χ1n) is 14.7. The number of ether oxygens (including phenoxy) is 5. The molecule has 0 aliphatic heterocycles. The number of aliphatic hydroxyl groups excluding tert-OH is 1. The molecule has 4 atom stereocenters. The van der Waals surface area contributed by atoms with E-state index in [-0.39, 0.29) is 13.2 Å². The van der Waals surface area contributed by atoms with Gasteiger partial charge in [-0.1, -0.05) is 127 Å². The summed E-state index contributed by atoms with van der Waals surface area (Å²) in [5.74, 6) is 0. The normalized spacial score (nSPS) is 14.1. The molecule has 0 unspecified atom stereocenters. The lowest BCUT2D eigenvalue weighted by atomic mass is 10.0. The fourth-order valence-electron chi connectivity index (χ4n) is 4.67. The first-order chi connectivity index (χ1) is 21.3. The van der Waals surface area contributed by atoms with Crippen LogP contribution in [0.5, 0.6) is 0 Å². The molecule has 0 spiro atoms. The molecule has 4 aromatic rings. The molecule has 4 rings (SSSR count). The Balaban J connectivity index is 1.64. The highest BCUT2D eigenvalue weighted by Gasteiger charge is 2.38. The van der Waals surface area contributed by atoms with E-state index in [0.29, 0.717) is 33.0 Å². The maximum Gasteiger partial charge on any atom is 0.115 e. The van der Waals surface area contributed by atoms with Gasteiger partial charge in [0.15, 0.2) is 0 Å². The van der Waals surface area contributed by atoms with E-state index in [1.807, 2.05) is 121 Å². The third-order valence-electron chi connectivity index (χ3n) is 6.94. The predicted molar refractivity (Wildman–Crippen MR) is 168 cm³/mol. The maximum absolute atomic E-state index is 10.7. The van der Waals surface area contributed by atoms with E-state index in [4.69, 9.17) is 23.7 Å². The van der Waals surface area contributed by atoms with Crippen LogP contribution in [0.15, 0.2) is 134 Å². The van der Waals surface area contributed by atoms with Crippen LogP contribution >= 0.6 is 0 Å². The number of hydrogen-bond acceptors (Lipinski definition) is 6. The Morgan fingerprint density at radius 1 is 0.512 bits per heavy atom. The van der Waals surface area contributed by atoms with Gasteiger partial charge in [-0.15, -0.1) is 6.58 Å². The zero-order valence-electron chi connectivity index (χ0n) is 24.6. The summed E-state index contributed by atoms with van der Waals surface area (Å²) in [6, 6.07) is 39.7. The van der Waals surface area contributed by atoms with Crippen molar-refractivity contribution in [2.45, 2.75) is 50.8 Å². The van der Waals surface area contributed by atoms with Gasteiger partial charge in [-0.05, 0) is 22.3 Å². The first kappa shape index (κ1) is 32.3. The maximum atomic E-state index is 10.7. The Morgan fingerprint density at radius 3 is 1.23 bits per heavy atom. The fourth-order valence-corrected chi connectivity index (χ4v) is 4.67. The van der Waals surface area contributed by atoms with Gasteiger partial charge in [0.05, 0.1) is 46.2 Å². The second-order valence-electron chi connectivity index (χ2n) is 10.2. The molecule has 0 saturated carbocycles. The summed E-state index contributed by atoms with van der Waals surface area (Å²) < 4.78 is 32.0. The average molecular weight is 583 g/mol. The molecule has 0 fully saturated rings. The molecule has 0 aromatic heterocycles. The van der Waals surface area contributed by atoms with E-state index in [9.17, 15) is 5.11 Å². The van der Waals surface area contributed by atoms with Gasteiger partial charge < -0.3 is 28.8 Å². The van der Waals surface area contributed by atoms with Crippen molar-refractivity contribution in [3.8, 4) is 0 Å². The van der Waals surface area contributed by atoms with E-state index < -0.39 is 24.4 Å². The summed E-state index contributed by atoms with van der Waals surface area (Å²) in [6.45, 7) is 5.41. The van der Waals surface area contributed by atoms with E-state index >= 15 is 0 Å². The second-order valence-corrected chi connectivity index (χ2v) is 10.2. The number of benzene rings is 4. The van der Waals surface area contributed by atoms with Crippen LogP contribution in [0.3, 0.4) is 0 Å². The highest BCUT2D eigenvalue weighted by atomic mass is 16.6. The lowest BCUT2D eigenvalue weighted by molar-refractivity contribution is -0.204. The largest absolute Gasteiger partial charge is 0.394 e. The van der Waals surface area contributed by atoms with Gasteiger partial charge in [-0.25, -0.2) is 0 Å². The van der Waals surface area contributed by atoms with Crippen molar-refractivity contribution in [2.24, 2.45) is 0 Å². The quantitative estimate of drug-likeness (QED) is 0.0945. The van der Waals surface area contributed by atoms with Gasteiger partial charge in [0.2, 0.25) is 0 Å². The number of hydrogen-bond donors (Lipinski definition) is 1. The van der Waals surface area contributed by atoms with E-state index in [0.717, 1.165) is 22.3 Å².